The first-order valence-corrected chi connectivity index (χ1v) is 10.8. The summed E-state index contributed by atoms with van der Waals surface area (Å²) in [5.74, 6) is 0.346. The van der Waals surface area contributed by atoms with E-state index in [-0.39, 0.29) is 12.4 Å². The van der Waals surface area contributed by atoms with Gasteiger partial charge in [-0.3, -0.25) is 4.99 Å². The van der Waals surface area contributed by atoms with E-state index in [0.29, 0.717) is 25.5 Å². The minimum Gasteiger partial charge on any atom is -0.361 e. The van der Waals surface area contributed by atoms with E-state index in [2.05, 4.69) is 25.3 Å². The molecular formula is C18H28FN5O2S. The van der Waals surface area contributed by atoms with Crippen LogP contribution < -0.4 is 15.4 Å². The molecule has 0 saturated carbocycles. The molecule has 0 spiro atoms. The highest BCUT2D eigenvalue weighted by molar-refractivity contribution is 7.88. The normalized spacial score (nSPS) is 13.1. The Hall–Kier alpha value is -2.13. The Morgan fingerprint density at radius 2 is 2.04 bits per heavy atom. The number of hydrogen-bond acceptors (Lipinski definition) is 3. The lowest BCUT2D eigenvalue weighted by Crippen LogP contribution is -2.47. The van der Waals surface area contributed by atoms with Gasteiger partial charge in [0, 0.05) is 35.7 Å². The second-order valence-electron chi connectivity index (χ2n) is 7.13. The number of aliphatic imine (C=N–C) groups is 1. The number of aromatic nitrogens is 1. The van der Waals surface area contributed by atoms with Gasteiger partial charge in [-0.1, -0.05) is 0 Å². The zero-order valence-electron chi connectivity index (χ0n) is 16.2. The van der Waals surface area contributed by atoms with Crippen LogP contribution in [0.4, 0.5) is 4.39 Å². The van der Waals surface area contributed by atoms with E-state index < -0.39 is 15.6 Å². The first kappa shape index (κ1) is 21.2. The van der Waals surface area contributed by atoms with Crippen molar-refractivity contribution in [1.29, 1.82) is 0 Å². The summed E-state index contributed by atoms with van der Waals surface area (Å²) in [4.78, 5) is 7.60. The van der Waals surface area contributed by atoms with Crippen LogP contribution in [0.3, 0.4) is 0 Å². The summed E-state index contributed by atoms with van der Waals surface area (Å²) >= 11 is 0. The lowest BCUT2D eigenvalue weighted by Gasteiger charge is -2.23. The molecule has 2 aromatic rings. The highest BCUT2D eigenvalue weighted by atomic mass is 32.2. The Morgan fingerprint density at radius 1 is 1.30 bits per heavy atom. The van der Waals surface area contributed by atoms with E-state index in [9.17, 15) is 12.8 Å². The van der Waals surface area contributed by atoms with Gasteiger partial charge in [0.1, 0.15) is 5.82 Å². The predicted octanol–water partition coefficient (Wildman–Crippen LogP) is 1.73. The molecule has 0 radical (unpaired) electrons. The topological polar surface area (TPSA) is 98.4 Å². The SMILES string of the molecule is CCNC(=NCC(C)(C)NS(C)(=O)=O)NCCc1c[nH]c2ccc(F)cc12. The number of H-pyrrole nitrogens is 1. The Kier molecular flexibility index (Phi) is 6.83. The highest BCUT2D eigenvalue weighted by Gasteiger charge is 2.21. The Bertz CT molecular complexity index is 906. The molecule has 150 valence electrons. The smallest absolute Gasteiger partial charge is 0.209 e. The van der Waals surface area contributed by atoms with Gasteiger partial charge in [-0.25, -0.2) is 17.5 Å². The number of benzene rings is 1. The quantitative estimate of drug-likeness (QED) is 0.403. The molecule has 0 aliphatic rings. The number of hydrogen-bond donors (Lipinski definition) is 4. The molecule has 27 heavy (non-hydrogen) atoms. The number of halogens is 1. The molecule has 1 aromatic carbocycles. The van der Waals surface area contributed by atoms with Crippen molar-refractivity contribution in [3.8, 4) is 0 Å². The number of nitrogens with zero attached hydrogens (tertiary/aromatic N) is 1. The molecule has 2 rings (SSSR count). The molecular weight excluding hydrogens is 369 g/mol. The van der Waals surface area contributed by atoms with Gasteiger partial charge in [-0.05, 0) is 51.0 Å². The fourth-order valence-corrected chi connectivity index (χ4v) is 3.89. The molecule has 0 atom stereocenters. The summed E-state index contributed by atoms with van der Waals surface area (Å²) in [5, 5.41) is 7.24. The van der Waals surface area contributed by atoms with Crippen LogP contribution in [0.5, 0.6) is 0 Å². The van der Waals surface area contributed by atoms with Crippen LogP contribution in [-0.2, 0) is 16.4 Å². The van der Waals surface area contributed by atoms with Crippen LogP contribution in [0, 0.1) is 5.82 Å². The van der Waals surface area contributed by atoms with Crippen LogP contribution in [0.2, 0.25) is 0 Å². The van der Waals surface area contributed by atoms with Crippen LogP contribution >= 0.6 is 0 Å². The second kappa shape index (κ2) is 8.71. The molecule has 0 saturated heterocycles. The summed E-state index contributed by atoms with van der Waals surface area (Å²) < 4.78 is 38.9. The predicted molar refractivity (Wildman–Crippen MR) is 108 cm³/mol. The summed E-state index contributed by atoms with van der Waals surface area (Å²) in [5.41, 5.74) is 1.23. The summed E-state index contributed by atoms with van der Waals surface area (Å²) in [6.45, 7) is 7.09. The van der Waals surface area contributed by atoms with Gasteiger partial charge >= 0.3 is 0 Å². The third kappa shape index (κ3) is 6.84. The third-order valence-electron chi connectivity index (χ3n) is 3.85. The van der Waals surface area contributed by atoms with Crippen molar-refractivity contribution in [2.75, 3.05) is 25.9 Å². The van der Waals surface area contributed by atoms with Gasteiger partial charge in [0.25, 0.3) is 0 Å². The molecule has 0 bridgehead atoms. The molecule has 0 fully saturated rings. The van der Waals surface area contributed by atoms with Gasteiger partial charge in [-0.2, -0.15) is 0 Å². The van der Waals surface area contributed by atoms with Crippen molar-refractivity contribution in [2.45, 2.75) is 32.7 Å². The largest absolute Gasteiger partial charge is 0.361 e. The first-order chi connectivity index (χ1) is 12.6. The minimum absolute atomic E-state index is 0.258. The van der Waals surface area contributed by atoms with Gasteiger partial charge in [0.05, 0.1) is 12.8 Å². The van der Waals surface area contributed by atoms with Gasteiger partial charge in [0.15, 0.2) is 5.96 Å². The van der Waals surface area contributed by atoms with Crippen molar-refractivity contribution in [3.63, 3.8) is 0 Å². The molecule has 0 amide bonds. The van der Waals surface area contributed by atoms with Crippen LogP contribution in [-0.4, -0.2) is 50.8 Å². The van der Waals surface area contributed by atoms with Crippen molar-refractivity contribution in [3.05, 3.63) is 35.8 Å². The number of aromatic amines is 1. The van der Waals surface area contributed by atoms with Crippen molar-refractivity contribution in [2.24, 2.45) is 4.99 Å². The van der Waals surface area contributed by atoms with Crippen molar-refractivity contribution >= 4 is 26.9 Å². The van der Waals surface area contributed by atoms with Gasteiger partial charge in [0.2, 0.25) is 10.0 Å². The number of fused-ring (bicyclic) bond motifs is 1. The monoisotopic (exact) mass is 397 g/mol. The van der Waals surface area contributed by atoms with Crippen molar-refractivity contribution in [1.82, 2.24) is 20.3 Å². The van der Waals surface area contributed by atoms with E-state index in [4.69, 9.17) is 0 Å². The lowest BCUT2D eigenvalue weighted by molar-refractivity contribution is 0.464. The van der Waals surface area contributed by atoms with E-state index in [0.717, 1.165) is 22.7 Å². The van der Waals surface area contributed by atoms with E-state index >= 15 is 0 Å². The maximum Gasteiger partial charge on any atom is 0.209 e. The molecule has 9 heteroatoms. The third-order valence-corrected chi connectivity index (χ3v) is 4.78. The molecule has 7 nitrogen and oxygen atoms in total. The molecule has 0 aliphatic carbocycles. The lowest BCUT2D eigenvalue weighted by atomic mass is 10.1. The summed E-state index contributed by atoms with van der Waals surface area (Å²) in [7, 11) is -3.31. The Morgan fingerprint density at radius 3 is 2.70 bits per heavy atom. The zero-order chi connectivity index (χ0) is 20.1. The average molecular weight is 398 g/mol. The fourth-order valence-electron chi connectivity index (χ4n) is 2.83. The van der Waals surface area contributed by atoms with Gasteiger partial charge < -0.3 is 15.6 Å². The second-order valence-corrected chi connectivity index (χ2v) is 8.88. The fraction of sp³-hybridized carbons (Fsp3) is 0.500. The minimum atomic E-state index is -3.31. The van der Waals surface area contributed by atoms with Crippen LogP contribution in [0.1, 0.15) is 26.3 Å². The maximum absolute atomic E-state index is 13.5. The molecule has 1 aromatic heterocycles. The summed E-state index contributed by atoms with van der Waals surface area (Å²) in [6, 6.07) is 4.69. The zero-order valence-corrected chi connectivity index (χ0v) is 17.0. The number of nitrogens with one attached hydrogen (secondary N) is 4. The number of rotatable bonds is 8. The van der Waals surface area contributed by atoms with Crippen LogP contribution in [0.25, 0.3) is 10.9 Å². The number of guanidine groups is 1. The molecule has 0 unspecified atom stereocenters. The number of sulfonamides is 1. The summed E-state index contributed by atoms with van der Waals surface area (Å²) in [6.07, 6.45) is 3.71. The van der Waals surface area contributed by atoms with Crippen molar-refractivity contribution < 1.29 is 12.8 Å². The Labute approximate surface area is 159 Å². The Balaban J connectivity index is 1.98. The van der Waals surface area contributed by atoms with E-state index in [1.165, 1.54) is 12.1 Å². The maximum atomic E-state index is 13.5. The highest BCUT2D eigenvalue weighted by Crippen LogP contribution is 2.19. The molecule has 4 N–H and O–H groups in total. The first-order valence-electron chi connectivity index (χ1n) is 8.86. The van der Waals surface area contributed by atoms with Gasteiger partial charge in [-0.15, -0.1) is 0 Å². The van der Waals surface area contributed by atoms with E-state index in [1.54, 1.807) is 19.9 Å². The van der Waals surface area contributed by atoms with E-state index in [1.807, 2.05) is 13.1 Å². The van der Waals surface area contributed by atoms with Crippen LogP contribution in [0.15, 0.2) is 29.4 Å². The molecule has 0 aliphatic heterocycles. The average Bonchev–Trinajstić information content (AvgIpc) is 2.93. The molecule has 1 heterocycles. The standard InChI is InChI=1S/C18H28FN5O2S/c1-5-20-17(23-12-18(2,3)24-27(4,25)26)21-9-8-13-11-22-16-7-6-14(19)10-15(13)16/h6-7,10-11,22,24H,5,8-9,12H2,1-4H3,(H2,20,21,23).